The van der Waals surface area contributed by atoms with Crippen LogP contribution in [0.25, 0.3) is 11.4 Å². The highest BCUT2D eigenvalue weighted by molar-refractivity contribution is 5.55. The average molecular weight is 271 g/mol. The lowest BCUT2D eigenvalue weighted by molar-refractivity contribution is 0.156. The van der Waals surface area contributed by atoms with Crippen molar-refractivity contribution < 1.29 is 5.11 Å². The highest BCUT2D eigenvalue weighted by Crippen LogP contribution is 2.24. The lowest BCUT2D eigenvalue weighted by Gasteiger charge is -2.30. The molecule has 1 aromatic carbocycles. The minimum Gasteiger partial charge on any atom is -0.394 e. The van der Waals surface area contributed by atoms with Crippen molar-refractivity contribution in [3.63, 3.8) is 0 Å². The van der Waals surface area contributed by atoms with E-state index in [-0.39, 0.29) is 12.1 Å². The Morgan fingerprint density at radius 1 is 1.35 bits per heavy atom. The first-order valence-corrected chi connectivity index (χ1v) is 7.15. The molecule has 0 spiro atoms. The van der Waals surface area contributed by atoms with Gasteiger partial charge in [-0.25, -0.2) is 4.98 Å². The zero-order valence-electron chi connectivity index (χ0n) is 11.8. The summed E-state index contributed by atoms with van der Waals surface area (Å²) in [6.07, 6.45) is 6.22. The number of aromatic nitrogens is 2. The molecule has 3 rings (SSSR count). The Kier molecular flexibility index (Phi) is 3.59. The van der Waals surface area contributed by atoms with Crippen LogP contribution in [-0.2, 0) is 6.54 Å². The molecule has 1 aromatic heterocycles. The first-order chi connectivity index (χ1) is 9.70. The van der Waals surface area contributed by atoms with Crippen molar-refractivity contribution in [1.82, 2.24) is 14.9 Å². The number of rotatable bonds is 6. The molecule has 0 radical (unpaired) electrons. The Hall–Kier alpha value is -1.65. The van der Waals surface area contributed by atoms with Gasteiger partial charge in [0.2, 0.25) is 0 Å². The molecule has 1 saturated carbocycles. The van der Waals surface area contributed by atoms with E-state index in [4.69, 9.17) is 0 Å². The molecular weight excluding hydrogens is 250 g/mol. The van der Waals surface area contributed by atoms with Gasteiger partial charge >= 0.3 is 0 Å². The number of nitrogens with one attached hydrogen (secondary N) is 1. The van der Waals surface area contributed by atoms with Crippen molar-refractivity contribution in [2.45, 2.75) is 37.9 Å². The van der Waals surface area contributed by atoms with Gasteiger partial charge in [0.25, 0.3) is 0 Å². The van der Waals surface area contributed by atoms with Gasteiger partial charge < -0.3 is 15.0 Å². The molecule has 4 nitrogen and oxygen atoms in total. The number of benzene rings is 1. The highest BCUT2D eigenvalue weighted by atomic mass is 16.3. The van der Waals surface area contributed by atoms with E-state index in [0.29, 0.717) is 12.6 Å². The Morgan fingerprint density at radius 3 is 2.75 bits per heavy atom. The largest absolute Gasteiger partial charge is 0.394 e. The van der Waals surface area contributed by atoms with Gasteiger partial charge in [-0.15, -0.1) is 0 Å². The fraction of sp³-hybridized carbons (Fsp3) is 0.438. The number of hydrogen-bond donors (Lipinski definition) is 2. The molecule has 1 atom stereocenters. The molecule has 2 aromatic rings. The van der Waals surface area contributed by atoms with Crippen molar-refractivity contribution >= 4 is 0 Å². The zero-order valence-corrected chi connectivity index (χ0v) is 11.8. The summed E-state index contributed by atoms with van der Waals surface area (Å²) in [4.78, 5) is 4.45. The standard InChI is InChI=1S/C16H21N3O/c1-16(12-20,18-14-7-8-14)11-19-10-9-17-15(19)13-5-3-2-4-6-13/h2-6,9-10,14,18,20H,7-8,11-12H2,1H3. The summed E-state index contributed by atoms with van der Waals surface area (Å²) in [5.74, 6) is 0.947. The SMILES string of the molecule is CC(CO)(Cn1ccnc1-c1ccccc1)NC1CC1. The lowest BCUT2D eigenvalue weighted by Crippen LogP contribution is -2.50. The molecule has 0 saturated heterocycles. The predicted molar refractivity (Wildman–Crippen MR) is 79.3 cm³/mol. The van der Waals surface area contributed by atoms with Crippen LogP contribution in [0.2, 0.25) is 0 Å². The second-order valence-corrected chi connectivity index (χ2v) is 5.88. The van der Waals surface area contributed by atoms with Gasteiger partial charge in [0.1, 0.15) is 5.82 Å². The third-order valence-corrected chi connectivity index (χ3v) is 3.75. The number of aliphatic hydroxyl groups is 1. The molecule has 1 unspecified atom stereocenters. The molecular formula is C16H21N3O. The van der Waals surface area contributed by atoms with E-state index in [1.54, 1.807) is 0 Å². The molecule has 20 heavy (non-hydrogen) atoms. The maximum absolute atomic E-state index is 9.73. The molecule has 4 heteroatoms. The molecule has 0 bridgehead atoms. The average Bonchev–Trinajstić information content (AvgIpc) is 3.16. The number of aliphatic hydroxyl groups excluding tert-OH is 1. The first kappa shape index (κ1) is 13.3. The summed E-state index contributed by atoms with van der Waals surface area (Å²) in [6.45, 7) is 2.90. The third-order valence-electron chi connectivity index (χ3n) is 3.75. The van der Waals surface area contributed by atoms with Crippen LogP contribution in [0.15, 0.2) is 42.7 Å². The number of nitrogens with zero attached hydrogens (tertiary/aromatic N) is 2. The van der Waals surface area contributed by atoms with Crippen LogP contribution in [0.4, 0.5) is 0 Å². The van der Waals surface area contributed by atoms with Crippen molar-refractivity contribution in [3.8, 4) is 11.4 Å². The predicted octanol–water partition coefficient (Wildman–Crippen LogP) is 2.05. The van der Waals surface area contributed by atoms with Gasteiger partial charge in [-0.05, 0) is 19.8 Å². The molecule has 2 N–H and O–H groups in total. The van der Waals surface area contributed by atoms with Crippen LogP contribution in [0.5, 0.6) is 0 Å². The summed E-state index contributed by atoms with van der Waals surface area (Å²) in [5.41, 5.74) is 0.801. The van der Waals surface area contributed by atoms with E-state index >= 15 is 0 Å². The summed E-state index contributed by atoms with van der Waals surface area (Å²) in [5, 5.41) is 13.3. The Bertz CT molecular complexity index is 562. The van der Waals surface area contributed by atoms with Crippen LogP contribution >= 0.6 is 0 Å². The quantitative estimate of drug-likeness (QED) is 0.845. The maximum atomic E-state index is 9.73. The summed E-state index contributed by atoms with van der Waals surface area (Å²) in [6, 6.07) is 10.7. The summed E-state index contributed by atoms with van der Waals surface area (Å²) < 4.78 is 2.11. The van der Waals surface area contributed by atoms with Gasteiger partial charge in [-0.3, -0.25) is 0 Å². The summed E-state index contributed by atoms with van der Waals surface area (Å²) in [7, 11) is 0. The van der Waals surface area contributed by atoms with E-state index in [1.165, 1.54) is 12.8 Å². The van der Waals surface area contributed by atoms with Crippen molar-refractivity contribution in [2.24, 2.45) is 0 Å². The fourth-order valence-corrected chi connectivity index (χ4v) is 2.52. The monoisotopic (exact) mass is 271 g/mol. The van der Waals surface area contributed by atoms with Gasteiger partial charge in [0.15, 0.2) is 0 Å². The zero-order chi connectivity index (χ0) is 14.0. The van der Waals surface area contributed by atoms with Crippen LogP contribution < -0.4 is 5.32 Å². The minimum absolute atomic E-state index is 0.121. The van der Waals surface area contributed by atoms with Crippen LogP contribution in [-0.4, -0.2) is 32.8 Å². The van der Waals surface area contributed by atoms with E-state index in [1.807, 2.05) is 30.6 Å². The van der Waals surface area contributed by atoms with Crippen LogP contribution in [0, 0.1) is 0 Å². The molecule has 1 fully saturated rings. The number of imidazole rings is 1. The smallest absolute Gasteiger partial charge is 0.139 e. The molecule has 1 aliphatic rings. The van der Waals surface area contributed by atoms with Crippen LogP contribution in [0.1, 0.15) is 19.8 Å². The first-order valence-electron chi connectivity index (χ1n) is 7.15. The van der Waals surface area contributed by atoms with E-state index < -0.39 is 0 Å². The van der Waals surface area contributed by atoms with Crippen molar-refractivity contribution in [1.29, 1.82) is 0 Å². The maximum Gasteiger partial charge on any atom is 0.139 e. The minimum atomic E-state index is -0.300. The van der Waals surface area contributed by atoms with E-state index in [2.05, 4.69) is 33.9 Å². The Morgan fingerprint density at radius 2 is 2.10 bits per heavy atom. The second-order valence-electron chi connectivity index (χ2n) is 5.88. The van der Waals surface area contributed by atoms with Crippen LogP contribution in [0.3, 0.4) is 0 Å². The molecule has 0 amide bonds. The highest BCUT2D eigenvalue weighted by Gasteiger charge is 2.32. The molecule has 1 heterocycles. The topological polar surface area (TPSA) is 50.1 Å². The summed E-state index contributed by atoms with van der Waals surface area (Å²) >= 11 is 0. The second kappa shape index (κ2) is 5.38. The molecule has 106 valence electrons. The van der Waals surface area contributed by atoms with Gasteiger partial charge in [0.05, 0.1) is 12.1 Å². The van der Waals surface area contributed by atoms with Crippen molar-refractivity contribution in [3.05, 3.63) is 42.7 Å². The lowest BCUT2D eigenvalue weighted by atomic mass is 10.0. The van der Waals surface area contributed by atoms with Crippen molar-refractivity contribution in [2.75, 3.05) is 6.61 Å². The third kappa shape index (κ3) is 2.92. The normalized spacial score (nSPS) is 17.9. The molecule has 0 aliphatic heterocycles. The molecule has 1 aliphatic carbocycles. The Balaban J connectivity index is 1.82. The van der Waals surface area contributed by atoms with E-state index in [0.717, 1.165) is 11.4 Å². The Labute approximate surface area is 119 Å². The number of hydrogen-bond acceptors (Lipinski definition) is 3. The van der Waals surface area contributed by atoms with Gasteiger partial charge in [-0.1, -0.05) is 30.3 Å². The fourth-order valence-electron chi connectivity index (χ4n) is 2.52. The van der Waals surface area contributed by atoms with Gasteiger partial charge in [0, 0.05) is 30.5 Å². The van der Waals surface area contributed by atoms with Gasteiger partial charge in [-0.2, -0.15) is 0 Å². The van der Waals surface area contributed by atoms with E-state index in [9.17, 15) is 5.11 Å².